The van der Waals surface area contributed by atoms with Crippen LogP contribution in [0.4, 0.5) is 0 Å². The van der Waals surface area contributed by atoms with Crippen molar-refractivity contribution in [3.63, 3.8) is 0 Å². The molecule has 3 heteroatoms. The molecule has 1 fully saturated rings. The van der Waals surface area contributed by atoms with Gasteiger partial charge in [0.15, 0.2) is 0 Å². The normalized spacial score (nSPS) is 16.1. The van der Waals surface area contributed by atoms with Gasteiger partial charge in [-0.1, -0.05) is 18.2 Å². The Kier molecular flexibility index (Phi) is 4.39. The van der Waals surface area contributed by atoms with E-state index < -0.39 is 0 Å². The second-order valence-electron chi connectivity index (χ2n) is 6.08. The molecule has 3 rings (SSSR count). The monoisotopic (exact) mass is 284 g/mol. The minimum atomic E-state index is 0.221. The van der Waals surface area contributed by atoms with E-state index >= 15 is 0 Å². The molecule has 1 N–H and O–H groups in total. The first-order valence-corrected chi connectivity index (χ1v) is 7.99. The molecule has 0 aliphatic heterocycles. The summed E-state index contributed by atoms with van der Waals surface area (Å²) in [4.78, 5) is 4.62. The van der Waals surface area contributed by atoms with Crippen molar-refractivity contribution >= 4 is 10.9 Å². The van der Waals surface area contributed by atoms with Crippen LogP contribution in [0, 0.1) is 6.92 Å². The van der Waals surface area contributed by atoms with Gasteiger partial charge in [0, 0.05) is 17.1 Å². The zero-order chi connectivity index (χ0) is 14.7. The maximum Gasteiger partial charge on any atom is 0.145 e. The highest BCUT2D eigenvalue weighted by Crippen LogP contribution is 2.25. The first-order valence-electron chi connectivity index (χ1n) is 7.99. The van der Waals surface area contributed by atoms with Crippen LogP contribution in [0.3, 0.4) is 0 Å². The van der Waals surface area contributed by atoms with E-state index in [0.29, 0.717) is 0 Å². The first-order chi connectivity index (χ1) is 10.2. The largest absolute Gasteiger partial charge is 0.488 e. The highest BCUT2D eigenvalue weighted by molar-refractivity contribution is 5.84. The molecular weight excluding hydrogens is 260 g/mol. The second kappa shape index (κ2) is 6.44. The number of aryl methyl sites for hydroxylation is 1. The number of para-hydroxylation sites is 1. The molecule has 21 heavy (non-hydrogen) atoms. The van der Waals surface area contributed by atoms with E-state index in [1.165, 1.54) is 12.8 Å². The number of nitrogens with one attached hydrogen (secondary N) is 1. The Balaban J connectivity index is 1.59. The van der Waals surface area contributed by atoms with Crippen LogP contribution in [0.15, 0.2) is 30.3 Å². The molecule has 1 aliphatic carbocycles. The number of benzene rings is 1. The molecule has 1 aliphatic rings. The Labute approximate surface area is 126 Å². The van der Waals surface area contributed by atoms with Crippen LogP contribution in [0.5, 0.6) is 5.75 Å². The van der Waals surface area contributed by atoms with Crippen molar-refractivity contribution in [1.82, 2.24) is 10.3 Å². The molecule has 3 nitrogen and oxygen atoms in total. The number of fused-ring (bicyclic) bond motifs is 1. The molecule has 2 aromatic rings. The third kappa shape index (κ3) is 3.94. The molecule has 0 bridgehead atoms. The molecule has 1 heterocycles. The molecule has 112 valence electrons. The van der Waals surface area contributed by atoms with Gasteiger partial charge in [-0.2, -0.15) is 0 Å². The molecule has 1 unspecified atom stereocenters. The van der Waals surface area contributed by atoms with Crippen LogP contribution in [-0.4, -0.2) is 23.7 Å². The summed E-state index contributed by atoms with van der Waals surface area (Å²) in [6.45, 7) is 5.26. The number of hydrogen-bond donors (Lipinski definition) is 1. The van der Waals surface area contributed by atoms with Gasteiger partial charge in [0.1, 0.15) is 11.3 Å². The average Bonchev–Trinajstić information content (AvgIpc) is 3.28. The van der Waals surface area contributed by atoms with Crippen molar-refractivity contribution in [3.8, 4) is 5.75 Å². The van der Waals surface area contributed by atoms with Gasteiger partial charge in [-0.15, -0.1) is 0 Å². The second-order valence-corrected chi connectivity index (χ2v) is 6.08. The van der Waals surface area contributed by atoms with Gasteiger partial charge in [0.2, 0.25) is 0 Å². The Morgan fingerprint density at radius 1 is 1.29 bits per heavy atom. The molecule has 1 saturated carbocycles. The van der Waals surface area contributed by atoms with E-state index in [-0.39, 0.29) is 6.10 Å². The summed E-state index contributed by atoms with van der Waals surface area (Å²) in [5.74, 6) is 0.902. The van der Waals surface area contributed by atoms with Crippen molar-refractivity contribution < 1.29 is 4.74 Å². The lowest BCUT2D eigenvalue weighted by Gasteiger charge is -2.16. The maximum absolute atomic E-state index is 6.12. The number of hydrogen-bond acceptors (Lipinski definition) is 3. The van der Waals surface area contributed by atoms with Gasteiger partial charge in [0.05, 0.1) is 6.10 Å². The van der Waals surface area contributed by atoms with Crippen molar-refractivity contribution in [2.24, 2.45) is 0 Å². The third-order valence-electron chi connectivity index (χ3n) is 3.95. The van der Waals surface area contributed by atoms with Crippen molar-refractivity contribution in [2.75, 3.05) is 6.54 Å². The molecular formula is C18H24N2O. The van der Waals surface area contributed by atoms with E-state index in [0.717, 1.165) is 47.8 Å². The number of aromatic nitrogens is 1. The first kappa shape index (κ1) is 14.3. The predicted octanol–water partition coefficient (Wildman–Crippen LogP) is 3.84. The SMILES string of the molecule is Cc1ccc2cccc(OC(C)CCCNC3CC3)c2n1. The number of pyridine rings is 1. The maximum atomic E-state index is 6.12. The zero-order valence-corrected chi connectivity index (χ0v) is 12.9. The number of ether oxygens (including phenoxy) is 1. The van der Waals surface area contributed by atoms with Crippen molar-refractivity contribution in [1.29, 1.82) is 0 Å². The van der Waals surface area contributed by atoms with E-state index in [1.807, 2.05) is 25.1 Å². The molecule has 1 atom stereocenters. The topological polar surface area (TPSA) is 34.1 Å². The quantitative estimate of drug-likeness (QED) is 0.784. The van der Waals surface area contributed by atoms with Crippen LogP contribution < -0.4 is 10.1 Å². The fourth-order valence-corrected chi connectivity index (χ4v) is 2.57. The van der Waals surface area contributed by atoms with Gasteiger partial charge in [-0.3, -0.25) is 0 Å². The Morgan fingerprint density at radius 3 is 2.95 bits per heavy atom. The van der Waals surface area contributed by atoms with Gasteiger partial charge in [0.25, 0.3) is 0 Å². The Bertz CT molecular complexity index is 607. The lowest BCUT2D eigenvalue weighted by molar-refractivity contribution is 0.209. The Morgan fingerprint density at radius 2 is 2.14 bits per heavy atom. The predicted molar refractivity (Wildman–Crippen MR) is 86.8 cm³/mol. The molecule has 1 aromatic carbocycles. The summed E-state index contributed by atoms with van der Waals surface area (Å²) < 4.78 is 6.12. The van der Waals surface area contributed by atoms with Gasteiger partial charge in [-0.25, -0.2) is 4.98 Å². The molecule has 0 radical (unpaired) electrons. The summed E-state index contributed by atoms with van der Waals surface area (Å²) in [7, 11) is 0. The summed E-state index contributed by atoms with van der Waals surface area (Å²) in [5, 5.41) is 4.68. The third-order valence-corrected chi connectivity index (χ3v) is 3.95. The fraction of sp³-hybridized carbons (Fsp3) is 0.500. The highest BCUT2D eigenvalue weighted by atomic mass is 16.5. The fourth-order valence-electron chi connectivity index (χ4n) is 2.57. The Hall–Kier alpha value is -1.61. The van der Waals surface area contributed by atoms with Crippen LogP contribution in [0.1, 0.15) is 38.3 Å². The standard InChI is InChI=1S/C18H24N2O/c1-13-8-9-15-6-3-7-17(18(15)20-13)21-14(2)5-4-12-19-16-10-11-16/h3,6-9,14,16,19H,4-5,10-12H2,1-2H3. The van der Waals surface area contributed by atoms with Crippen LogP contribution >= 0.6 is 0 Å². The number of rotatable bonds is 7. The van der Waals surface area contributed by atoms with E-state index in [1.54, 1.807) is 0 Å². The summed E-state index contributed by atoms with van der Waals surface area (Å²) in [5.41, 5.74) is 2.00. The lowest BCUT2D eigenvalue weighted by Crippen LogP contribution is -2.20. The smallest absolute Gasteiger partial charge is 0.145 e. The van der Waals surface area contributed by atoms with Gasteiger partial charge in [-0.05, 0) is 58.2 Å². The minimum Gasteiger partial charge on any atom is -0.488 e. The van der Waals surface area contributed by atoms with E-state index in [2.05, 4.69) is 29.4 Å². The van der Waals surface area contributed by atoms with Gasteiger partial charge >= 0.3 is 0 Å². The van der Waals surface area contributed by atoms with Crippen LogP contribution in [-0.2, 0) is 0 Å². The van der Waals surface area contributed by atoms with Crippen LogP contribution in [0.25, 0.3) is 10.9 Å². The molecule has 0 amide bonds. The van der Waals surface area contributed by atoms with Crippen molar-refractivity contribution in [2.45, 2.75) is 51.7 Å². The van der Waals surface area contributed by atoms with E-state index in [4.69, 9.17) is 4.74 Å². The lowest BCUT2D eigenvalue weighted by atomic mass is 10.2. The molecule has 1 aromatic heterocycles. The van der Waals surface area contributed by atoms with Crippen LogP contribution in [0.2, 0.25) is 0 Å². The minimum absolute atomic E-state index is 0.221. The van der Waals surface area contributed by atoms with Crippen molar-refractivity contribution in [3.05, 3.63) is 36.0 Å². The summed E-state index contributed by atoms with van der Waals surface area (Å²) >= 11 is 0. The average molecular weight is 284 g/mol. The summed E-state index contributed by atoms with van der Waals surface area (Å²) in [6, 6.07) is 11.1. The zero-order valence-electron chi connectivity index (χ0n) is 12.9. The molecule has 0 saturated heterocycles. The number of nitrogens with zero attached hydrogens (tertiary/aromatic N) is 1. The summed E-state index contributed by atoms with van der Waals surface area (Å²) in [6.07, 6.45) is 5.16. The van der Waals surface area contributed by atoms with Gasteiger partial charge < -0.3 is 10.1 Å². The highest BCUT2D eigenvalue weighted by Gasteiger charge is 2.19. The molecule has 0 spiro atoms. The van der Waals surface area contributed by atoms with E-state index in [9.17, 15) is 0 Å².